The number of aliphatic hydroxyl groups is 2. The summed E-state index contributed by atoms with van der Waals surface area (Å²) in [7, 11) is 0. The summed E-state index contributed by atoms with van der Waals surface area (Å²) in [5.74, 6) is 0.754. The summed E-state index contributed by atoms with van der Waals surface area (Å²) in [6.07, 6.45) is 8.31. The molecule has 1 heterocycles. The van der Waals surface area contributed by atoms with Crippen LogP contribution in [0.1, 0.15) is 51.9 Å². The molecule has 2 aliphatic rings. The van der Waals surface area contributed by atoms with Crippen LogP contribution >= 0.6 is 0 Å². The van der Waals surface area contributed by atoms with Crippen LogP contribution in [0, 0.1) is 11.3 Å². The van der Waals surface area contributed by atoms with Gasteiger partial charge in [0.15, 0.2) is 0 Å². The highest BCUT2D eigenvalue weighted by molar-refractivity contribution is 4.91. The van der Waals surface area contributed by atoms with Crippen molar-refractivity contribution in [3.63, 3.8) is 0 Å². The summed E-state index contributed by atoms with van der Waals surface area (Å²) >= 11 is 0. The first kappa shape index (κ1) is 14.3. The molecule has 3 heteroatoms. The molecule has 0 amide bonds. The Morgan fingerprint density at radius 3 is 2.72 bits per heavy atom. The molecule has 0 radical (unpaired) electrons. The number of likely N-dealkylation sites (tertiary alicyclic amines) is 1. The number of rotatable bonds is 5. The third-order valence-corrected chi connectivity index (χ3v) is 5.02. The molecule has 0 bridgehead atoms. The van der Waals surface area contributed by atoms with Crippen molar-refractivity contribution in [3.05, 3.63) is 0 Å². The third kappa shape index (κ3) is 3.25. The van der Waals surface area contributed by atoms with E-state index < -0.39 is 0 Å². The van der Waals surface area contributed by atoms with Crippen molar-refractivity contribution < 1.29 is 10.2 Å². The Labute approximate surface area is 111 Å². The second-order valence-electron chi connectivity index (χ2n) is 6.64. The SMILES string of the molecule is CC1CCCC(CO)(CN2CCCC2CCO)C1. The van der Waals surface area contributed by atoms with E-state index in [-0.39, 0.29) is 5.41 Å². The molecule has 3 atom stereocenters. The van der Waals surface area contributed by atoms with Gasteiger partial charge in [-0.05, 0) is 44.6 Å². The molecule has 1 saturated heterocycles. The number of hydrogen-bond donors (Lipinski definition) is 2. The summed E-state index contributed by atoms with van der Waals surface area (Å²) in [5, 5.41) is 19.0. The van der Waals surface area contributed by atoms with Gasteiger partial charge in [0.05, 0.1) is 0 Å². The predicted molar refractivity (Wildman–Crippen MR) is 73.4 cm³/mol. The van der Waals surface area contributed by atoms with Crippen LogP contribution in [0.25, 0.3) is 0 Å². The molecule has 2 rings (SSSR count). The minimum atomic E-state index is 0.135. The Morgan fingerprint density at radius 1 is 1.22 bits per heavy atom. The van der Waals surface area contributed by atoms with E-state index in [0.29, 0.717) is 19.3 Å². The summed E-state index contributed by atoms with van der Waals surface area (Å²) in [5.41, 5.74) is 0.135. The van der Waals surface area contributed by atoms with E-state index in [4.69, 9.17) is 5.11 Å². The van der Waals surface area contributed by atoms with Crippen LogP contribution in [0.2, 0.25) is 0 Å². The van der Waals surface area contributed by atoms with E-state index in [2.05, 4.69) is 11.8 Å². The molecule has 1 aliphatic carbocycles. The van der Waals surface area contributed by atoms with Crippen LogP contribution in [0.4, 0.5) is 0 Å². The fourth-order valence-electron chi connectivity index (χ4n) is 4.12. The Kier molecular flexibility index (Phi) is 5.05. The highest BCUT2D eigenvalue weighted by Gasteiger charge is 2.38. The van der Waals surface area contributed by atoms with Gasteiger partial charge in [-0.25, -0.2) is 0 Å². The van der Waals surface area contributed by atoms with Gasteiger partial charge in [-0.1, -0.05) is 19.8 Å². The first-order valence-electron chi connectivity index (χ1n) is 7.65. The molecule has 1 saturated carbocycles. The molecule has 3 nitrogen and oxygen atoms in total. The Morgan fingerprint density at radius 2 is 2.06 bits per heavy atom. The zero-order chi connectivity index (χ0) is 13.0. The molecule has 106 valence electrons. The molecule has 1 aliphatic heterocycles. The molecule has 2 fully saturated rings. The second-order valence-corrected chi connectivity index (χ2v) is 6.64. The topological polar surface area (TPSA) is 43.7 Å². The molecule has 3 unspecified atom stereocenters. The average Bonchev–Trinajstić information content (AvgIpc) is 2.77. The van der Waals surface area contributed by atoms with E-state index in [1.54, 1.807) is 0 Å². The number of nitrogens with zero attached hydrogens (tertiary/aromatic N) is 1. The van der Waals surface area contributed by atoms with Crippen LogP contribution < -0.4 is 0 Å². The normalized spacial score (nSPS) is 38.2. The Balaban J connectivity index is 1.96. The van der Waals surface area contributed by atoms with E-state index in [1.165, 1.54) is 38.5 Å². The minimum absolute atomic E-state index is 0.135. The quantitative estimate of drug-likeness (QED) is 0.790. The van der Waals surface area contributed by atoms with Crippen LogP contribution in [0.15, 0.2) is 0 Å². The zero-order valence-electron chi connectivity index (χ0n) is 11.8. The van der Waals surface area contributed by atoms with Gasteiger partial charge in [0.1, 0.15) is 0 Å². The van der Waals surface area contributed by atoms with Gasteiger partial charge >= 0.3 is 0 Å². The molecule has 0 aromatic heterocycles. The van der Waals surface area contributed by atoms with Gasteiger partial charge in [-0.2, -0.15) is 0 Å². The van der Waals surface area contributed by atoms with E-state index in [1.807, 2.05) is 0 Å². The van der Waals surface area contributed by atoms with Crippen molar-refractivity contribution in [1.82, 2.24) is 4.90 Å². The van der Waals surface area contributed by atoms with Gasteiger partial charge in [-0.15, -0.1) is 0 Å². The summed E-state index contributed by atoms with van der Waals surface area (Å²) in [4.78, 5) is 2.53. The van der Waals surface area contributed by atoms with Crippen molar-refractivity contribution in [2.45, 2.75) is 57.9 Å². The summed E-state index contributed by atoms with van der Waals surface area (Å²) in [6, 6.07) is 0.552. The lowest BCUT2D eigenvalue weighted by Gasteiger charge is -2.42. The lowest BCUT2D eigenvalue weighted by molar-refractivity contribution is 0.0176. The molecule has 0 aromatic carbocycles. The molecule has 18 heavy (non-hydrogen) atoms. The maximum atomic E-state index is 9.86. The maximum Gasteiger partial charge on any atom is 0.0499 e. The standard InChI is InChI=1S/C15H29NO2/c1-13-4-2-7-15(10-13,12-18)11-16-8-3-5-14(16)6-9-17/h13-14,17-18H,2-12H2,1H3. The average molecular weight is 255 g/mol. The Hall–Kier alpha value is -0.120. The van der Waals surface area contributed by atoms with Gasteiger partial charge in [0.25, 0.3) is 0 Å². The monoisotopic (exact) mass is 255 g/mol. The first-order valence-corrected chi connectivity index (χ1v) is 7.65. The van der Waals surface area contributed by atoms with Crippen LogP contribution in [0.3, 0.4) is 0 Å². The summed E-state index contributed by atoms with van der Waals surface area (Å²) < 4.78 is 0. The molecule has 0 aromatic rings. The fraction of sp³-hybridized carbons (Fsp3) is 1.00. The van der Waals surface area contributed by atoms with Gasteiger partial charge in [-0.3, -0.25) is 4.90 Å². The van der Waals surface area contributed by atoms with Crippen LogP contribution in [-0.4, -0.2) is 47.5 Å². The smallest absolute Gasteiger partial charge is 0.0499 e. The van der Waals surface area contributed by atoms with Crippen molar-refractivity contribution in [2.75, 3.05) is 26.3 Å². The zero-order valence-corrected chi connectivity index (χ0v) is 11.8. The molecular formula is C15H29NO2. The first-order chi connectivity index (χ1) is 8.69. The van der Waals surface area contributed by atoms with Crippen molar-refractivity contribution in [1.29, 1.82) is 0 Å². The van der Waals surface area contributed by atoms with E-state index in [0.717, 1.165) is 25.4 Å². The van der Waals surface area contributed by atoms with E-state index >= 15 is 0 Å². The lowest BCUT2D eigenvalue weighted by atomic mass is 9.70. The van der Waals surface area contributed by atoms with Gasteiger partial charge < -0.3 is 10.2 Å². The molecule has 2 N–H and O–H groups in total. The maximum absolute atomic E-state index is 9.86. The Bertz CT molecular complexity index is 259. The largest absolute Gasteiger partial charge is 0.396 e. The van der Waals surface area contributed by atoms with Crippen molar-refractivity contribution >= 4 is 0 Å². The number of hydrogen-bond acceptors (Lipinski definition) is 3. The molecular weight excluding hydrogens is 226 g/mol. The molecule has 0 spiro atoms. The predicted octanol–water partition coefficient (Wildman–Crippen LogP) is 2.02. The minimum Gasteiger partial charge on any atom is -0.396 e. The second kappa shape index (κ2) is 6.36. The van der Waals surface area contributed by atoms with Crippen molar-refractivity contribution in [2.24, 2.45) is 11.3 Å². The van der Waals surface area contributed by atoms with Gasteiger partial charge in [0.2, 0.25) is 0 Å². The highest BCUT2D eigenvalue weighted by Crippen LogP contribution is 2.41. The van der Waals surface area contributed by atoms with Crippen LogP contribution in [-0.2, 0) is 0 Å². The van der Waals surface area contributed by atoms with Gasteiger partial charge in [0, 0.05) is 31.2 Å². The number of aliphatic hydroxyl groups excluding tert-OH is 2. The lowest BCUT2D eigenvalue weighted by Crippen LogP contribution is -2.45. The van der Waals surface area contributed by atoms with E-state index in [9.17, 15) is 5.11 Å². The van der Waals surface area contributed by atoms with Crippen molar-refractivity contribution in [3.8, 4) is 0 Å². The third-order valence-electron chi connectivity index (χ3n) is 5.02. The van der Waals surface area contributed by atoms with Crippen LogP contribution in [0.5, 0.6) is 0 Å². The highest BCUT2D eigenvalue weighted by atomic mass is 16.3. The fourth-order valence-corrected chi connectivity index (χ4v) is 4.12. The summed E-state index contributed by atoms with van der Waals surface area (Å²) in [6.45, 7) is 5.14.